The van der Waals surface area contributed by atoms with Crippen molar-refractivity contribution >= 4 is 5.97 Å². The molecule has 1 atom stereocenters. The van der Waals surface area contributed by atoms with E-state index in [9.17, 15) is 4.79 Å². The summed E-state index contributed by atoms with van der Waals surface area (Å²) in [6.45, 7) is 9.94. The second kappa shape index (κ2) is 9.15. The molecule has 1 aliphatic rings. The second-order valence-corrected chi connectivity index (χ2v) is 7.39. The number of esters is 1. The number of hydrogen-bond acceptors (Lipinski definition) is 6. The van der Waals surface area contributed by atoms with Gasteiger partial charge in [-0.2, -0.15) is 0 Å². The van der Waals surface area contributed by atoms with Crippen LogP contribution in [-0.2, 0) is 20.7 Å². The minimum atomic E-state index is -0.310. The summed E-state index contributed by atoms with van der Waals surface area (Å²) in [5, 5.41) is 0. The summed E-state index contributed by atoms with van der Waals surface area (Å²) in [6.07, 6.45) is 0.0321. The van der Waals surface area contributed by atoms with E-state index in [1.807, 2.05) is 37.3 Å². The molecule has 0 N–H and O–H groups in total. The van der Waals surface area contributed by atoms with E-state index in [1.165, 1.54) is 0 Å². The quantitative estimate of drug-likeness (QED) is 0.696. The van der Waals surface area contributed by atoms with Crippen molar-refractivity contribution in [2.45, 2.75) is 33.3 Å². The first kappa shape index (κ1) is 19.6. The molecule has 6 heteroatoms. The number of oxazole rings is 1. The molecule has 1 aliphatic heterocycles. The van der Waals surface area contributed by atoms with Gasteiger partial charge in [-0.25, -0.2) is 4.98 Å². The van der Waals surface area contributed by atoms with Crippen molar-refractivity contribution in [2.24, 2.45) is 5.92 Å². The molecule has 27 heavy (non-hydrogen) atoms. The Morgan fingerprint density at radius 1 is 1.33 bits per heavy atom. The van der Waals surface area contributed by atoms with Crippen molar-refractivity contribution in [3.05, 3.63) is 41.8 Å². The summed E-state index contributed by atoms with van der Waals surface area (Å²) in [5.74, 6) is 1.47. The fraction of sp³-hybridized carbons (Fsp3) is 0.524. The zero-order valence-corrected chi connectivity index (χ0v) is 16.3. The normalized spacial score (nSPS) is 18.0. The van der Waals surface area contributed by atoms with Crippen LogP contribution >= 0.6 is 0 Å². The van der Waals surface area contributed by atoms with E-state index in [4.69, 9.17) is 13.9 Å². The highest BCUT2D eigenvalue weighted by molar-refractivity contribution is 5.72. The van der Waals surface area contributed by atoms with E-state index in [0.29, 0.717) is 29.9 Å². The van der Waals surface area contributed by atoms with Crippen molar-refractivity contribution in [1.29, 1.82) is 0 Å². The number of ether oxygens (including phenoxy) is 2. The third-order valence-electron chi connectivity index (χ3n) is 4.50. The van der Waals surface area contributed by atoms with E-state index < -0.39 is 0 Å². The summed E-state index contributed by atoms with van der Waals surface area (Å²) >= 11 is 0. The number of aromatic nitrogens is 1. The van der Waals surface area contributed by atoms with Crippen LogP contribution in [-0.4, -0.2) is 54.8 Å². The van der Waals surface area contributed by atoms with Gasteiger partial charge in [0.1, 0.15) is 18.5 Å². The Balaban J connectivity index is 1.50. The Morgan fingerprint density at radius 3 is 2.85 bits per heavy atom. The second-order valence-electron chi connectivity index (χ2n) is 7.39. The van der Waals surface area contributed by atoms with Crippen LogP contribution in [0.15, 0.2) is 34.7 Å². The minimum Gasteiger partial charge on any atom is -0.463 e. The fourth-order valence-corrected chi connectivity index (χ4v) is 3.23. The number of morpholine rings is 1. The lowest BCUT2D eigenvalue weighted by Gasteiger charge is -2.33. The summed E-state index contributed by atoms with van der Waals surface area (Å²) in [4.78, 5) is 19.1. The monoisotopic (exact) mass is 372 g/mol. The van der Waals surface area contributed by atoms with Gasteiger partial charge in [0.05, 0.1) is 18.7 Å². The Kier molecular flexibility index (Phi) is 6.63. The van der Waals surface area contributed by atoms with Crippen LogP contribution in [0, 0.1) is 12.8 Å². The van der Waals surface area contributed by atoms with Gasteiger partial charge in [0.25, 0.3) is 0 Å². The van der Waals surface area contributed by atoms with Crippen molar-refractivity contribution in [2.75, 3.05) is 32.8 Å². The van der Waals surface area contributed by atoms with Crippen LogP contribution in [0.1, 0.15) is 25.3 Å². The van der Waals surface area contributed by atoms with E-state index >= 15 is 0 Å². The molecule has 0 spiro atoms. The van der Waals surface area contributed by atoms with Crippen LogP contribution in [0.4, 0.5) is 0 Å². The Morgan fingerprint density at radius 2 is 2.11 bits per heavy atom. The number of carbonyl (C=O) groups is 1. The van der Waals surface area contributed by atoms with Gasteiger partial charge in [-0.05, 0) is 25.0 Å². The third-order valence-corrected chi connectivity index (χ3v) is 4.50. The molecule has 1 unspecified atom stereocenters. The lowest BCUT2D eigenvalue weighted by Crippen LogP contribution is -2.45. The molecule has 3 rings (SSSR count). The van der Waals surface area contributed by atoms with Crippen LogP contribution in [0.3, 0.4) is 0 Å². The maximum Gasteiger partial charge on any atom is 0.312 e. The fourth-order valence-electron chi connectivity index (χ4n) is 3.23. The summed E-state index contributed by atoms with van der Waals surface area (Å²) < 4.78 is 16.9. The van der Waals surface area contributed by atoms with Crippen LogP contribution in [0.25, 0.3) is 11.5 Å². The minimum absolute atomic E-state index is 0.0697. The van der Waals surface area contributed by atoms with Crippen LogP contribution in [0.2, 0.25) is 0 Å². The molecule has 0 radical (unpaired) electrons. The summed E-state index contributed by atoms with van der Waals surface area (Å²) in [5.41, 5.74) is 1.51. The number of hydrogen-bond donors (Lipinski definition) is 0. The molecule has 1 saturated heterocycles. The first-order chi connectivity index (χ1) is 13.0. The Bertz CT molecular complexity index is 742. The lowest BCUT2D eigenvalue weighted by atomic mass is 10.2. The molecule has 0 amide bonds. The number of rotatable bonds is 7. The van der Waals surface area contributed by atoms with Gasteiger partial charge in [-0.15, -0.1) is 0 Å². The maximum atomic E-state index is 12.2. The van der Waals surface area contributed by atoms with E-state index in [1.54, 1.807) is 0 Å². The summed E-state index contributed by atoms with van der Waals surface area (Å²) in [7, 11) is 0. The van der Waals surface area contributed by atoms with Gasteiger partial charge >= 0.3 is 5.97 Å². The lowest BCUT2D eigenvalue weighted by molar-refractivity contribution is -0.149. The molecule has 2 aromatic rings. The number of aryl methyl sites for hydroxylation is 1. The van der Waals surface area contributed by atoms with Gasteiger partial charge < -0.3 is 13.9 Å². The predicted molar refractivity (Wildman–Crippen MR) is 102 cm³/mol. The van der Waals surface area contributed by atoms with Crippen LogP contribution in [0.5, 0.6) is 0 Å². The van der Waals surface area contributed by atoms with Crippen molar-refractivity contribution < 1.29 is 18.7 Å². The van der Waals surface area contributed by atoms with Gasteiger partial charge in [0, 0.05) is 25.2 Å². The molecule has 6 nitrogen and oxygen atoms in total. The Hall–Kier alpha value is -2.18. The SMILES string of the molecule is Cc1oc(-c2ccccc2)nc1CC(=O)OCC1CN(CC(C)C)CCO1. The Labute approximate surface area is 160 Å². The van der Waals surface area contributed by atoms with Gasteiger partial charge in [0.15, 0.2) is 0 Å². The number of carbonyl (C=O) groups excluding carboxylic acids is 1. The number of nitrogens with zero attached hydrogens (tertiary/aromatic N) is 2. The van der Waals surface area contributed by atoms with Gasteiger partial charge in [-0.1, -0.05) is 32.0 Å². The molecule has 0 bridgehead atoms. The third kappa shape index (κ3) is 5.65. The zero-order chi connectivity index (χ0) is 19.2. The first-order valence-electron chi connectivity index (χ1n) is 9.52. The van der Waals surface area contributed by atoms with Crippen molar-refractivity contribution in [3.8, 4) is 11.5 Å². The van der Waals surface area contributed by atoms with Gasteiger partial charge in [-0.3, -0.25) is 9.69 Å². The van der Waals surface area contributed by atoms with Gasteiger partial charge in [0.2, 0.25) is 5.89 Å². The molecule has 146 valence electrons. The number of benzene rings is 1. The molecule has 0 aliphatic carbocycles. The molecule has 1 aromatic heterocycles. The molecule has 2 heterocycles. The summed E-state index contributed by atoms with van der Waals surface area (Å²) in [6, 6.07) is 9.64. The van der Waals surface area contributed by atoms with Crippen molar-refractivity contribution in [3.63, 3.8) is 0 Å². The zero-order valence-electron chi connectivity index (χ0n) is 16.3. The van der Waals surface area contributed by atoms with E-state index in [-0.39, 0.29) is 25.1 Å². The highest BCUT2D eigenvalue weighted by Gasteiger charge is 2.23. The topological polar surface area (TPSA) is 64.8 Å². The average Bonchev–Trinajstić information content (AvgIpc) is 3.01. The molecule has 1 aromatic carbocycles. The first-order valence-corrected chi connectivity index (χ1v) is 9.52. The average molecular weight is 372 g/mol. The van der Waals surface area contributed by atoms with Crippen LogP contribution < -0.4 is 0 Å². The molecule has 0 saturated carbocycles. The van der Waals surface area contributed by atoms with E-state index in [0.717, 1.165) is 25.2 Å². The standard InChI is InChI=1S/C21H28N2O4/c1-15(2)12-23-9-10-25-18(13-23)14-26-20(24)11-19-16(3)27-21(22-19)17-7-5-4-6-8-17/h4-8,15,18H,9-14H2,1-3H3. The largest absolute Gasteiger partial charge is 0.463 e. The smallest absolute Gasteiger partial charge is 0.312 e. The highest BCUT2D eigenvalue weighted by atomic mass is 16.6. The van der Waals surface area contributed by atoms with E-state index in [2.05, 4.69) is 23.7 Å². The molecular formula is C21H28N2O4. The molecular weight excluding hydrogens is 344 g/mol. The predicted octanol–water partition coefficient (Wildman–Crippen LogP) is 3.09. The molecule has 1 fully saturated rings. The van der Waals surface area contributed by atoms with Crippen molar-refractivity contribution in [1.82, 2.24) is 9.88 Å². The maximum absolute atomic E-state index is 12.2. The highest BCUT2D eigenvalue weighted by Crippen LogP contribution is 2.21.